The topological polar surface area (TPSA) is 107 Å². The van der Waals surface area contributed by atoms with Crippen molar-refractivity contribution in [2.75, 3.05) is 26.1 Å². The number of rotatable bonds is 9. The summed E-state index contributed by atoms with van der Waals surface area (Å²) in [6.45, 7) is 0.708. The lowest BCUT2D eigenvalue weighted by Gasteiger charge is -2.25. The predicted molar refractivity (Wildman–Crippen MR) is 116 cm³/mol. The third-order valence-electron chi connectivity index (χ3n) is 5.22. The molecule has 2 saturated heterocycles. The van der Waals surface area contributed by atoms with Crippen LogP contribution in [-0.2, 0) is 44.6 Å². The first-order valence-electron chi connectivity index (χ1n) is 10.6. The minimum absolute atomic E-state index is 0.167. The Morgan fingerprint density at radius 3 is 2.24 bits per heavy atom. The summed E-state index contributed by atoms with van der Waals surface area (Å²) in [7, 11) is -3.86. The predicted octanol–water partition coefficient (Wildman–Crippen LogP) is 1.91. The molecule has 33 heavy (non-hydrogen) atoms. The van der Waals surface area contributed by atoms with Gasteiger partial charge in [-0.2, -0.15) is 8.42 Å². The molecule has 0 N–H and O–H groups in total. The molecule has 9 nitrogen and oxygen atoms in total. The van der Waals surface area contributed by atoms with Gasteiger partial charge in [0, 0.05) is 0 Å². The zero-order valence-electron chi connectivity index (χ0n) is 18.1. The highest BCUT2D eigenvalue weighted by Gasteiger charge is 2.53. The second-order valence-corrected chi connectivity index (χ2v) is 9.34. The maximum atomic E-state index is 12.4. The van der Waals surface area contributed by atoms with Crippen LogP contribution in [0.1, 0.15) is 15.9 Å². The van der Waals surface area contributed by atoms with Gasteiger partial charge in [0.25, 0.3) is 10.1 Å². The first kappa shape index (κ1) is 23.8. The van der Waals surface area contributed by atoms with Gasteiger partial charge in [0.15, 0.2) is 6.29 Å². The van der Waals surface area contributed by atoms with Gasteiger partial charge in [-0.1, -0.05) is 48.5 Å². The highest BCUT2D eigenvalue weighted by Crippen LogP contribution is 2.33. The standard InChI is InChI=1S/C23H26O9S/c1-33(25,26)32-20-19(29-14-16-8-4-2-5-9-16)18(31-21(20)23-27-12-13-28-23)15-30-22(24)17-10-6-3-7-11-17/h2-11,18-21,23H,12-15H2,1H3/t18-,19-,20+,21-/m1/s1. The Balaban J connectivity index is 1.53. The molecule has 0 radical (unpaired) electrons. The summed E-state index contributed by atoms with van der Waals surface area (Å²) >= 11 is 0. The minimum atomic E-state index is -3.86. The number of hydrogen-bond donors (Lipinski definition) is 0. The molecule has 0 spiro atoms. The first-order valence-corrected chi connectivity index (χ1v) is 12.4. The molecular formula is C23H26O9S. The maximum absolute atomic E-state index is 12.4. The number of carbonyl (C=O) groups excluding carboxylic acids is 1. The largest absolute Gasteiger partial charge is 0.459 e. The monoisotopic (exact) mass is 478 g/mol. The van der Waals surface area contributed by atoms with E-state index in [1.807, 2.05) is 30.3 Å². The van der Waals surface area contributed by atoms with Crippen LogP contribution >= 0.6 is 0 Å². The van der Waals surface area contributed by atoms with Crippen molar-refractivity contribution in [2.24, 2.45) is 0 Å². The Morgan fingerprint density at radius 1 is 0.970 bits per heavy atom. The molecule has 2 heterocycles. The first-order chi connectivity index (χ1) is 15.9. The summed E-state index contributed by atoms with van der Waals surface area (Å²) < 4.78 is 58.1. The van der Waals surface area contributed by atoms with Crippen LogP contribution in [0.15, 0.2) is 60.7 Å². The van der Waals surface area contributed by atoms with Crippen molar-refractivity contribution >= 4 is 16.1 Å². The van der Waals surface area contributed by atoms with Crippen LogP contribution in [0.2, 0.25) is 0 Å². The van der Waals surface area contributed by atoms with Crippen LogP contribution in [0.4, 0.5) is 0 Å². The molecule has 0 bridgehead atoms. The molecular weight excluding hydrogens is 452 g/mol. The second-order valence-electron chi connectivity index (χ2n) is 7.74. The van der Waals surface area contributed by atoms with Gasteiger partial charge in [0.1, 0.15) is 31.0 Å². The highest BCUT2D eigenvalue weighted by molar-refractivity contribution is 7.86. The summed E-state index contributed by atoms with van der Waals surface area (Å²) in [5.41, 5.74) is 1.27. The van der Waals surface area contributed by atoms with Crippen molar-refractivity contribution in [3.63, 3.8) is 0 Å². The Bertz CT molecular complexity index is 1010. The molecule has 2 fully saturated rings. The Kier molecular flexibility index (Phi) is 7.74. The number of hydrogen-bond acceptors (Lipinski definition) is 9. The van der Waals surface area contributed by atoms with E-state index in [4.69, 9.17) is 27.9 Å². The molecule has 2 aliphatic heterocycles. The lowest BCUT2D eigenvalue weighted by atomic mass is 10.1. The van der Waals surface area contributed by atoms with Crippen molar-refractivity contribution in [1.82, 2.24) is 0 Å². The van der Waals surface area contributed by atoms with E-state index < -0.39 is 46.8 Å². The quantitative estimate of drug-likeness (QED) is 0.395. The van der Waals surface area contributed by atoms with E-state index >= 15 is 0 Å². The summed E-state index contributed by atoms with van der Waals surface area (Å²) in [6.07, 6.45) is -3.46. The van der Waals surface area contributed by atoms with E-state index in [1.165, 1.54) is 0 Å². The molecule has 2 aromatic rings. The average molecular weight is 479 g/mol. The molecule has 0 amide bonds. The van der Waals surface area contributed by atoms with E-state index in [0.29, 0.717) is 18.8 Å². The molecule has 0 aliphatic carbocycles. The Morgan fingerprint density at radius 2 is 1.61 bits per heavy atom. The SMILES string of the molecule is CS(=O)(=O)O[C@H]1[C@H](OCc2ccccc2)[C@@H](COC(=O)c2ccccc2)O[C@H]1C1OCCO1. The van der Waals surface area contributed by atoms with Crippen LogP contribution in [0.3, 0.4) is 0 Å². The fraction of sp³-hybridized carbons (Fsp3) is 0.435. The van der Waals surface area contributed by atoms with Crippen molar-refractivity contribution in [3.8, 4) is 0 Å². The van der Waals surface area contributed by atoms with Crippen LogP contribution in [0.25, 0.3) is 0 Å². The zero-order valence-corrected chi connectivity index (χ0v) is 18.9. The van der Waals surface area contributed by atoms with Crippen molar-refractivity contribution in [2.45, 2.75) is 37.3 Å². The van der Waals surface area contributed by atoms with E-state index in [2.05, 4.69) is 0 Å². The second kappa shape index (κ2) is 10.7. The number of benzene rings is 2. The van der Waals surface area contributed by atoms with Gasteiger partial charge in [-0.15, -0.1) is 0 Å². The smallest absolute Gasteiger partial charge is 0.338 e. The van der Waals surface area contributed by atoms with Gasteiger partial charge in [0.2, 0.25) is 0 Å². The minimum Gasteiger partial charge on any atom is -0.459 e. The third-order valence-corrected chi connectivity index (χ3v) is 5.79. The average Bonchev–Trinajstić information content (AvgIpc) is 3.45. The fourth-order valence-electron chi connectivity index (χ4n) is 3.77. The number of carbonyl (C=O) groups is 1. The molecule has 4 rings (SSSR count). The van der Waals surface area contributed by atoms with Crippen LogP contribution < -0.4 is 0 Å². The van der Waals surface area contributed by atoms with E-state index in [-0.39, 0.29) is 13.2 Å². The van der Waals surface area contributed by atoms with E-state index in [0.717, 1.165) is 11.8 Å². The molecule has 2 aromatic carbocycles. The normalized spacial score (nSPS) is 25.8. The number of esters is 1. The van der Waals surface area contributed by atoms with Crippen molar-refractivity contribution < 1.29 is 41.1 Å². The molecule has 2 aliphatic rings. The van der Waals surface area contributed by atoms with Crippen LogP contribution in [-0.4, -0.2) is 71.2 Å². The van der Waals surface area contributed by atoms with Crippen LogP contribution in [0, 0.1) is 0 Å². The van der Waals surface area contributed by atoms with Gasteiger partial charge in [-0.3, -0.25) is 4.18 Å². The van der Waals surface area contributed by atoms with Gasteiger partial charge in [-0.05, 0) is 17.7 Å². The lowest BCUT2D eigenvalue weighted by molar-refractivity contribution is -0.157. The molecule has 0 saturated carbocycles. The summed E-state index contributed by atoms with van der Waals surface area (Å²) in [4.78, 5) is 12.4. The molecule has 0 unspecified atom stereocenters. The third kappa shape index (κ3) is 6.38. The Labute approximate surface area is 192 Å². The van der Waals surface area contributed by atoms with Gasteiger partial charge in [-0.25, -0.2) is 4.79 Å². The van der Waals surface area contributed by atoms with Gasteiger partial charge >= 0.3 is 5.97 Å². The van der Waals surface area contributed by atoms with Crippen molar-refractivity contribution in [3.05, 3.63) is 71.8 Å². The van der Waals surface area contributed by atoms with Crippen LogP contribution in [0.5, 0.6) is 0 Å². The molecule has 178 valence electrons. The van der Waals surface area contributed by atoms with Gasteiger partial charge < -0.3 is 23.7 Å². The summed E-state index contributed by atoms with van der Waals surface area (Å²) in [5, 5.41) is 0. The maximum Gasteiger partial charge on any atom is 0.338 e. The molecule has 4 atom stereocenters. The van der Waals surface area contributed by atoms with E-state index in [9.17, 15) is 13.2 Å². The lowest BCUT2D eigenvalue weighted by Crippen LogP contribution is -2.44. The summed E-state index contributed by atoms with van der Waals surface area (Å²) in [6, 6.07) is 17.9. The number of ether oxygens (including phenoxy) is 5. The van der Waals surface area contributed by atoms with Gasteiger partial charge in [0.05, 0.1) is 31.6 Å². The Hall–Kier alpha value is -2.34. The van der Waals surface area contributed by atoms with E-state index in [1.54, 1.807) is 30.3 Å². The summed E-state index contributed by atoms with van der Waals surface area (Å²) in [5.74, 6) is -0.529. The molecule has 0 aromatic heterocycles. The fourth-order valence-corrected chi connectivity index (χ4v) is 4.39. The van der Waals surface area contributed by atoms with Crippen molar-refractivity contribution in [1.29, 1.82) is 0 Å². The zero-order chi connectivity index (χ0) is 23.3. The highest BCUT2D eigenvalue weighted by atomic mass is 32.2. The molecule has 10 heteroatoms.